The van der Waals surface area contributed by atoms with Gasteiger partial charge >= 0.3 is 0 Å². The van der Waals surface area contributed by atoms with E-state index in [2.05, 4.69) is 11.8 Å². The number of rotatable bonds is 2. The highest BCUT2D eigenvalue weighted by Gasteiger charge is 2.28. The van der Waals surface area contributed by atoms with Crippen LogP contribution in [0.3, 0.4) is 0 Å². The zero-order chi connectivity index (χ0) is 6.10. The molecule has 2 unspecified atom stereocenters. The summed E-state index contributed by atoms with van der Waals surface area (Å²) in [6.07, 6.45) is 0. The summed E-state index contributed by atoms with van der Waals surface area (Å²) in [4.78, 5) is 0. The lowest BCUT2D eigenvalue weighted by Gasteiger charge is -2.30. The molecule has 2 aliphatic rings. The zero-order valence-electron chi connectivity index (χ0n) is 4.61. The second-order valence-electron chi connectivity index (χ2n) is 1.76. The van der Waals surface area contributed by atoms with Crippen molar-refractivity contribution in [1.82, 2.24) is 0 Å². The van der Waals surface area contributed by atoms with Crippen LogP contribution in [0.25, 0.3) is 0 Å². The van der Waals surface area contributed by atoms with Crippen molar-refractivity contribution in [3.8, 4) is 0 Å². The van der Waals surface area contributed by atoms with Gasteiger partial charge in [0.1, 0.15) is 0 Å². The molecule has 0 amide bonds. The molecule has 52 valence electrons. The molecule has 2 atom stereocenters. The summed E-state index contributed by atoms with van der Waals surface area (Å²) in [5.41, 5.74) is 0. The summed E-state index contributed by atoms with van der Waals surface area (Å²) in [6.45, 7) is 0. The number of hydrogen-bond donors (Lipinski definition) is 0. The first-order valence-electron chi connectivity index (χ1n) is 2.67. The molecule has 5 heteroatoms. The van der Waals surface area contributed by atoms with Gasteiger partial charge in [0.25, 0.3) is 0 Å². The molecule has 0 aliphatic carbocycles. The molecule has 0 saturated carbocycles. The van der Waals surface area contributed by atoms with Crippen molar-refractivity contribution in [1.29, 1.82) is 0 Å². The molecule has 0 bridgehead atoms. The Morgan fingerprint density at radius 1 is 1.00 bits per heavy atom. The van der Waals surface area contributed by atoms with Crippen LogP contribution in [0.4, 0.5) is 0 Å². The van der Waals surface area contributed by atoms with Gasteiger partial charge in [0, 0.05) is 11.5 Å². The van der Waals surface area contributed by atoms with E-state index in [9.17, 15) is 0 Å². The van der Waals surface area contributed by atoms with Crippen LogP contribution in [0.15, 0.2) is 0 Å². The van der Waals surface area contributed by atoms with E-state index in [0.717, 1.165) is 9.16 Å². The van der Waals surface area contributed by atoms with Crippen LogP contribution in [0, 0.1) is 0 Å². The Morgan fingerprint density at radius 2 is 1.44 bits per heavy atom. The van der Waals surface area contributed by atoms with Crippen molar-refractivity contribution in [3.05, 3.63) is 0 Å². The van der Waals surface area contributed by atoms with Gasteiger partial charge in [-0.1, -0.05) is 43.2 Å². The summed E-state index contributed by atoms with van der Waals surface area (Å²) in [6, 6.07) is 0. The first kappa shape index (κ1) is 7.40. The molecular formula is C4H6S5. The van der Waals surface area contributed by atoms with Crippen molar-refractivity contribution < 1.29 is 0 Å². The summed E-state index contributed by atoms with van der Waals surface area (Å²) >= 11 is 2.16. The molecule has 2 heterocycles. The van der Waals surface area contributed by atoms with Gasteiger partial charge < -0.3 is 0 Å². The van der Waals surface area contributed by atoms with Crippen LogP contribution in [0.1, 0.15) is 0 Å². The van der Waals surface area contributed by atoms with Gasteiger partial charge in [0.15, 0.2) is 0 Å². The van der Waals surface area contributed by atoms with Crippen molar-refractivity contribution in [3.63, 3.8) is 0 Å². The van der Waals surface area contributed by atoms with Crippen LogP contribution < -0.4 is 0 Å². The fourth-order valence-electron chi connectivity index (χ4n) is 0.540. The third kappa shape index (κ3) is 1.86. The molecule has 0 nitrogen and oxygen atoms in total. The van der Waals surface area contributed by atoms with E-state index < -0.39 is 0 Å². The highest BCUT2D eigenvalue weighted by Crippen LogP contribution is 2.55. The van der Waals surface area contributed by atoms with Crippen molar-refractivity contribution in [2.75, 3.05) is 11.5 Å². The summed E-state index contributed by atoms with van der Waals surface area (Å²) in [5.74, 6) is 2.74. The third-order valence-electron chi connectivity index (χ3n) is 1.06. The van der Waals surface area contributed by atoms with Crippen LogP contribution in [0.2, 0.25) is 0 Å². The molecule has 0 N–H and O–H groups in total. The Hall–Kier alpha value is 1.75. The SMILES string of the molecule is C1SSC1SC1CSS1. The predicted octanol–water partition coefficient (Wildman–Crippen LogP) is 3.16. The Morgan fingerprint density at radius 3 is 1.67 bits per heavy atom. The zero-order valence-corrected chi connectivity index (χ0v) is 8.69. The van der Waals surface area contributed by atoms with Crippen LogP contribution in [0.5, 0.6) is 0 Å². The Bertz CT molecular complexity index is 85.1. The molecule has 0 spiro atoms. The van der Waals surface area contributed by atoms with E-state index in [1.807, 2.05) is 43.2 Å². The molecule has 0 aromatic carbocycles. The van der Waals surface area contributed by atoms with E-state index in [-0.39, 0.29) is 0 Å². The normalized spacial score (nSPS) is 41.3. The highest BCUT2D eigenvalue weighted by molar-refractivity contribution is 8.83. The second-order valence-corrected chi connectivity index (χ2v) is 8.99. The maximum atomic E-state index is 2.16. The lowest BCUT2D eigenvalue weighted by atomic mass is 10.9. The van der Waals surface area contributed by atoms with Gasteiger partial charge in [0.2, 0.25) is 0 Å². The van der Waals surface area contributed by atoms with Gasteiger partial charge in [-0.2, -0.15) is 0 Å². The Labute approximate surface area is 75.2 Å². The number of hydrogen-bond acceptors (Lipinski definition) is 5. The molecule has 2 rings (SSSR count). The van der Waals surface area contributed by atoms with E-state index in [1.165, 1.54) is 11.5 Å². The van der Waals surface area contributed by atoms with Crippen LogP contribution in [-0.2, 0) is 0 Å². The molecule has 2 saturated heterocycles. The van der Waals surface area contributed by atoms with Gasteiger partial charge in [0.05, 0.1) is 9.16 Å². The second kappa shape index (κ2) is 3.43. The van der Waals surface area contributed by atoms with Gasteiger partial charge in [-0.05, 0) is 0 Å². The molecule has 0 aromatic heterocycles. The monoisotopic (exact) mass is 214 g/mol. The maximum Gasteiger partial charge on any atom is 0.0716 e. The fourth-order valence-corrected chi connectivity index (χ4v) is 7.68. The topological polar surface area (TPSA) is 0 Å². The quantitative estimate of drug-likeness (QED) is 0.646. The van der Waals surface area contributed by atoms with Gasteiger partial charge in [-0.3, -0.25) is 0 Å². The molecule has 2 aliphatic heterocycles. The molecule has 2 fully saturated rings. The summed E-state index contributed by atoms with van der Waals surface area (Å²) in [5, 5.41) is 0. The van der Waals surface area contributed by atoms with Crippen LogP contribution in [-0.4, -0.2) is 20.7 Å². The maximum absolute atomic E-state index is 2.16. The fraction of sp³-hybridized carbons (Fsp3) is 1.00. The lowest BCUT2D eigenvalue weighted by Crippen LogP contribution is -2.16. The van der Waals surface area contributed by atoms with Gasteiger partial charge in [-0.15, -0.1) is 11.8 Å². The average Bonchev–Trinajstić information content (AvgIpc) is 1.57. The Kier molecular flexibility index (Phi) is 2.82. The molecule has 0 radical (unpaired) electrons. The minimum atomic E-state index is 0.924. The smallest absolute Gasteiger partial charge is 0.0716 e. The van der Waals surface area contributed by atoms with Crippen molar-refractivity contribution >= 4 is 54.9 Å². The standard InChI is InChI=1S/C4H6S5/c1-3(8-5-1)7-4-2-6-9-4/h3-4H,1-2H2. The van der Waals surface area contributed by atoms with Crippen LogP contribution >= 0.6 is 54.9 Å². The summed E-state index contributed by atoms with van der Waals surface area (Å²) in [7, 11) is 8.08. The number of thioether (sulfide) groups is 1. The first-order valence-corrected chi connectivity index (χ1v) is 8.38. The van der Waals surface area contributed by atoms with E-state index in [0.29, 0.717) is 0 Å². The highest BCUT2D eigenvalue weighted by atomic mass is 33.1. The molecule has 9 heavy (non-hydrogen) atoms. The molecule has 0 aromatic rings. The summed E-state index contributed by atoms with van der Waals surface area (Å²) < 4.78 is 1.85. The minimum absolute atomic E-state index is 0.924. The first-order chi connectivity index (χ1) is 4.45. The van der Waals surface area contributed by atoms with Crippen molar-refractivity contribution in [2.45, 2.75) is 9.16 Å². The Balaban J connectivity index is 1.64. The average molecular weight is 214 g/mol. The van der Waals surface area contributed by atoms with Gasteiger partial charge in [-0.25, -0.2) is 0 Å². The van der Waals surface area contributed by atoms with Crippen molar-refractivity contribution in [2.24, 2.45) is 0 Å². The van der Waals surface area contributed by atoms with E-state index in [4.69, 9.17) is 0 Å². The largest absolute Gasteiger partial charge is 0.130 e. The van der Waals surface area contributed by atoms with E-state index in [1.54, 1.807) is 0 Å². The minimum Gasteiger partial charge on any atom is -0.130 e. The molecular weight excluding hydrogens is 208 g/mol. The lowest BCUT2D eigenvalue weighted by molar-refractivity contribution is 1.38. The van der Waals surface area contributed by atoms with E-state index >= 15 is 0 Å². The third-order valence-corrected chi connectivity index (χ3v) is 9.82. The predicted molar refractivity (Wildman–Crippen MR) is 55.3 cm³/mol.